The summed E-state index contributed by atoms with van der Waals surface area (Å²) in [5.41, 5.74) is -0.694. The second-order valence-electron chi connectivity index (χ2n) is 5.33. The van der Waals surface area contributed by atoms with Gasteiger partial charge in [-0.25, -0.2) is 13.6 Å². The largest absolute Gasteiger partial charge is 0.444 e. The van der Waals surface area contributed by atoms with Gasteiger partial charge in [-0.2, -0.15) is 0 Å². The molecule has 5 nitrogen and oxygen atoms in total. The summed E-state index contributed by atoms with van der Waals surface area (Å²) >= 11 is 0. The average molecular weight is 266 g/mol. The predicted molar refractivity (Wildman–Crippen MR) is 61.8 cm³/mol. The van der Waals surface area contributed by atoms with Gasteiger partial charge < -0.3 is 20.1 Å². The zero-order valence-corrected chi connectivity index (χ0v) is 10.9. The number of halogens is 2. The Morgan fingerprint density at radius 1 is 1.33 bits per heavy atom. The van der Waals surface area contributed by atoms with Crippen molar-refractivity contribution in [3.8, 4) is 0 Å². The quantitative estimate of drug-likeness (QED) is 0.783. The van der Waals surface area contributed by atoms with Crippen LogP contribution in [0.2, 0.25) is 0 Å². The molecule has 0 aromatic carbocycles. The Bertz CT molecular complexity index is 289. The van der Waals surface area contributed by atoms with E-state index in [9.17, 15) is 13.6 Å². The molecular weight excluding hydrogens is 246 g/mol. The topological polar surface area (TPSA) is 59.6 Å². The molecule has 0 unspecified atom stereocenters. The Hall–Kier alpha value is -0.950. The van der Waals surface area contributed by atoms with Gasteiger partial charge in [0.15, 0.2) is 0 Å². The first-order valence-electron chi connectivity index (χ1n) is 5.84. The van der Waals surface area contributed by atoms with Crippen molar-refractivity contribution in [3.63, 3.8) is 0 Å². The Morgan fingerprint density at radius 3 is 2.39 bits per heavy atom. The highest BCUT2D eigenvalue weighted by atomic mass is 19.3. The van der Waals surface area contributed by atoms with Crippen molar-refractivity contribution < 1.29 is 23.0 Å². The summed E-state index contributed by atoms with van der Waals surface area (Å²) in [7, 11) is 0. The van der Waals surface area contributed by atoms with Crippen molar-refractivity contribution in [1.82, 2.24) is 10.6 Å². The minimum absolute atomic E-state index is 0.0163. The molecule has 0 aromatic heterocycles. The average Bonchev–Trinajstić information content (AvgIpc) is 2.09. The molecular formula is C11H20F2N2O3. The van der Waals surface area contributed by atoms with Crippen LogP contribution in [0, 0.1) is 0 Å². The van der Waals surface area contributed by atoms with E-state index in [1.54, 1.807) is 20.8 Å². The monoisotopic (exact) mass is 266 g/mol. The molecule has 0 spiro atoms. The molecule has 1 aliphatic heterocycles. The van der Waals surface area contributed by atoms with Crippen LogP contribution in [0.3, 0.4) is 0 Å². The zero-order chi connectivity index (χ0) is 13.8. The second-order valence-corrected chi connectivity index (χ2v) is 5.33. The lowest BCUT2D eigenvalue weighted by Crippen LogP contribution is -2.52. The molecule has 1 rings (SSSR count). The SMILES string of the molecule is CC(C)(C)OC(=O)NCC(F)(F)CNC1COC1. The third-order valence-electron chi connectivity index (χ3n) is 2.18. The summed E-state index contributed by atoms with van der Waals surface area (Å²) in [6.45, 7) is 4.68. The van der Waals surface area contributed by atoms with Crippen LogP contribution in [-0.4, -0.2) is 50.0 Å². The fourth-order valence-electron chi connectivity index (χ4n) is 1.23. The summed E-state index contributed by atoms with van der Waals surface area (Å²) in [6, 6.07) is -0.0163. The molecule has 0 radical (unpaired) electrons. The third kappa shape index (κ3) is 6.11. The zero-order valence-electron chi connectivity index (χ0n) is 10.9. The molecule has 0 aromatic rings. The first-order valence-corrected chi connectivity index (χ1v) is 5.84. The van der Waals surface area contributed by atoms with E-state index in [1.165, 1.54) is 0 Å². The molecule has 7 heteroatoms. The molecule has 0 bridgehead atoms. The highest BCUT2D eigenvalue weighted by Gasteiger charge is 2.32. The summed E-state index contributed by atoms with van der Waals surface area (Å²) < 4.78 is 36.5. The van der Waals surface area contributed by atoms with Gasteiger partial charge in [0.1, 0.15) is 5.60 Å². The number of nitrogens with one attached hydrogen (secondary N) is 2. The van der Waals surface area contributed by atoms with E-state index in [0.29, 0.717) is 13.2 Å². The molecule has 18 heavy (non-hydrogen) atoms. The minimum Gasteiger partial charge on any atom is -0.444 e. The van der Waals surface area contributed by atoms with E-state index >= 15 is 0 Å². The van der Waals surface area contributed by atoms with E-state index in [2.05, 4.69) is 10.6 Å². The first-order chi connectivity index (χ1) is 8.18. The molecule has 0 aliphatic carbocycles. The van der Waals surface area contributed by atoms with E-state index in [-0.39, 0.29) is 6.04 Å². The predicted octanol–water partition coefficient (Wildman–Crippen LogP) is 1.13. The number of alkyl halides is 2. The van der Waals surface area contributed by atoms with Crippen molar-refractivity contribution in [2.45, 2.75) is 38.3 Å². The van der Waals surface area contributed by atoms with Crippen molar-refractivity contribution in [1.29, 1.82) is 0 Å². The number of carbonyl (C=O) groups is 1. The molecule has 1 aliphatic rings. The Labute approximate surface area is 105 Å². The third-order valence-corrected chi connectivity index (χ3v) is 2.18. The van der Waals surface area contributed by atoms with Gasteiger partial charge in [-0.15, -0.1) is 0 Å². The molecule has 106 valence electrons. The maximum atomic E-state index is 13.4. The summed E-state index contributed by atoms with van der Waals surface area (Å²) in [6.07, 6.45) is -0.839. The number of alkyl carbamates (subject to hydrolysis) is 1. The van der Waals surface area contributed by atoms with Gasteiger partial charge in [-0.3, -0.25) is 0 Å². The Kier molecular flexibility index (Phi) is 4.86. The lowest BCUT2D eigenvalue weighted by atomic mass is 10.2. The maximum absolute atomic E-state index is 13.4. The van der Waals surface area contributed by atoms with Crippen molar-refractivity contribution in [2.24, 2.45) is 0 Å². The molecule has 1 amide bonds. The van der Waals surface area contributed by atoms with Gasteiger partial charge in [0.05, 0.1) is 32.3 Å². The van der Waals surface area contributed by atoms with Gasteiger partial charge in [-0.1, -0.05) is 0 Å². The smallest absolute Gasteiger partial charge is 0.407 e. The van der Waals surface area contributed by atoms with Crippen LogP contribution in [0.15, 0.2) is 0 Å². The van der Waals surface area contributed by atoms with Crippen LogP contribution in [0.5, 0.6) is 0 Å². The lowest BCUT2D eigenvalue weighted by Gasteiger charge is -2.29. The summed E-state index contributed by atoms with van der Waals surface area (Å²) in [5.74, 6) is -3.01. The van der Waals surface area contributed by atoms with E-state index < -0.39 is 30.7 Å². The van der Waals surface area contributed by atoms with E-state index in [4.69, 9.17) is 9.47 Å². The molecule has 2 N–H and O–H groups in total. The maximum Gasteiger partial charge on any atom is 0.407 e. The lowest BCUT2D eigenvalue weighted by molar-refractivity contribution is -0.0383. The molecule has 1 heterocycles. The number of amides is 1. The fraction of sp³-hybridized carbons (Fsp3) is 0.909. The van der Waals surface area contributed by atoms with Crippen LogP contribution >= 0.6 is 0 Å². The number of carbonyl (C=O) groups excluding carboxylic acids is 1. The van der Waals surface area contributed by atoms with Crippen LogP contribution in [0.25, 0.3) is 0 Å². The van der Waals surface area contributed by atoms with Gasteiger partial charge in [-0.05, 0) is 20.8 Å². The molecule has 0 saturated carbocycles. The van der Waals surface area contributed by atoms with Gasteiger partial charge in [0.2, 0.25) is 0 Å². The van der Waals surface area contributed by atoms with Crippen molar-refractivity contribution >= 4 is 6.09 Å². The van der Waals surface area contributed by atoms with Crippen LogP contribution in [-0.2, 0) is 9.47 Å². The molecule has 0 atom stereocenters. The number of ether oxygens (including phenoxy) is 2. The van der Waals surface area contributed by atoms with Crippen LogP contribution < -0.4 is 10.6 Å². The standard InChI is InChI=1S/C11H20F2N2O3/c1-10(2,3)18-9(16)15-7-11(12,13)6-14-8-4-17-5-8/h8,14H,4-7H2,1-3H3,(H,15,16). The highest BCUT2D eigenvalue weighted by Crippen LogP contribution is 2.13. The summed E-state index contributed by atoms with van der Waals surface area (Å²) in [4.78, 5) is 11.2. The first kappa shape index (κ1) is 15.1. The van der Waals surface area contributed by atoms with Crippen molar-refractivity contribution in [3.05, 3.63) is 0 Å². The Morgan fingerprint density at radius 2 is 1.94 bits per heavy atom. The number of hydrogen-bond donors (Lipinski definition) is 2. The normalized spacial score (nSPS) is 17.2. The van der Waals surface area contributed by atoms with Gasteiger partial charge >= 0.3 is 6.09 Å². The van der Waals surface area contributed by atoms with Crippen molar-refractivity contribution in [2.75, 3.05) is 26.3 Å². The Balaban J connectivity index is 2.20. The van der Waals surface area contributed by atoms with Crippen LogP contribution in [0.4, 0.5) is 13.6 Å². The molecule has 1 saturated heterocycles. The second kappa shape index (κ2) is 5.79. The van der Waals surface area contributed by atoms with Gasteiger partial charge in [0.25, 0.3) is 5.92 Å². The van der Waals surface area contributed by atoms with E-state index in [0.717, 1.165) is 0 Å². The highest BCUT2D eigenvalue weighted by molar-refractivity contribution is 5.67. The molecule has 1 fully saturated rings. The van der Waals surface area contributed by atoms with E-state index in [1.807, 2.05) is 0 Å². The number of rotatable bonds is 5. The van der Waals surface area contributed by atoms with Crippen LogP contribution in [0.1, 0.15) is 20.8 Å². The van der Waals surface area contributed by atoms with Gasteiger partial charge in [0, 0.05) is 0 Å². The number of hydrogen-bond acceptors (Lipinski definition) is 4. The minimum atomic E-state index is -3.01. The summed E-state index contributed by atoms with van der Waals surface area (Å²) in [5, 5.41) is 4.72. The fourth-order valence-corrected chi connectivity index (χ4v) is 1.23.